The van der Waals surface area contributed by atoms with E-state index in [1.54, 1.807) is 36.4 Å². The molecule has 0 amide bonds. The molecule has 4 nitrogen and oxygen atoms in total. The molecule has 18 heavy (non-hydrogen) atoms. The minimum absolute atomic E-state index is 0. The summed E-state index contributed by atoms with van der Waals surface area (Å²) < 4.78 is 30.5. The molecule has 2 N–H and O–H groups in total. The van der Waals surface area contributed by atoms with Crippen LogP contribution in [0.4, 0.5) is 0 Å². The van der Waals surface area contributed by atoms with Gasteiger partial charge in [-0.05, 0) is 35.4 Å². The van der Waals surface area contributed by atoms with E-state index in [-0.39, 0.29) is 41.6 Å². The van der Waals surface area contributed by atoms with Gasteiger partial charge in [0.2, 0.25) is 0 Å². The fraction of sp³-hybridized carbons (Fsp3) is 0. The monoisotopic (exact) mass is 274 g/mol. The minimum atomic E-state index is -4.15. The van der Waals surface area contributed by atoms with Gasteiger partial charge in [-0.3, -0.25) is 4.55 Å². The van der Waals surface area contributed by atoms with E-state index in [4.69, 9.17) is 9.66 Å². The number of rotatable bonds is 2. The van der Waals surface area contributed by atoms with Crippen molar-refractivity contribution in [3.63, 3.8) is 0 Å². The van der Waals surface area contributed by atoms with Crippen molar-refractivity contribution in [1.82, 2.24) is 0 Å². The fourth-order valence-electron chi connectivity index (χ4n) is 1.47. The molecule has 0 radical (unpaired) electrons. The Morgan fingerprint density at radius 2 is 1.22 bits per heavy atom. The van der Waals surface area contributed by atoms with Crippen LogP contribution in [-0.2, 0) is 10.1 Å². The van der Waals surface area contributed by atoms with Crippen LogP contribution in [0.15, 0.2) is 53.4 Å². The summed E-state index contributed by atoms with van der Waals surface area (Å²) in [5.74, 6) is 0.170. The van der Waals surface area contributed by atoms with Gasteiger partial charge in [0.25, 0.3) is 10.1 Å². The van der Waals surface area contributed by atoms with Crippen LogP contribution in [0.25, 0.3) is 11.1 Å². The van der Waals surface area contributed by atoms with Crippen LogP contribution in [-0.4, -0.2) is 18.1 Å². The van der Waals surface area contributed by atoms with E-state index < -0.39 is 10.1 Å². The maximum atomic E-state index is 10.8. The molecule has 0 saturated heterocycles. The first kappa shape index (κ1) is 15.2. The summed E-state index contributed by atoms with van der Waals surface area (Å²) in [7, 11) is -4.15. The van der Waals surface area contributed by atoms with Crippen LogP contribution in [0, 0.1) is 0 Å². The molecule has 0 fully saturated rings. The van der Waals surface area contributed by atoms with E-state index in [1.165, 1.54) is 12.1 Å². The normalized spacial score (nSPS) is 10.7. The van der Waals surface area contributed by atoms with E-state index in [0.717, 1.165) is 11.1 Å². The summed E-state index contributed by atoms with van der Waals surface area (Å²) in [6, 6.07) is 12.4. The third kappa shape index (κ3) is 3.57. The number of hydrogen-bond donors (Lipinski definition) is 2. The van der Waals surface area contributed by atoms with Crippen molar-refractivity contribution in [3.8, 4) is 16.9 Å². The van der Waals surface area contributed by atoms with Gasteiger partial charge in [0.1, 0.15) is 5.75 Å². The van der Waals surface area contributed by atoms with Gasteiger partial charge in [-0.2, -0.15) is 8.42 Å². The van der Waals surface area contributed by atoms with Crippen LogP contribution in [0.1, 0.15) is 1.43 Å². The standard InChI is InChI=1S/C12H10O4S.Na.H/c13-11-5-1-9(2-6-11)10-3-7-12(8-4-10)17(14,15)16;;/h1-8,13H,(H,14,15,16);;/q;+1;-1. The Kier molecular flexibility index (Phi) is 4.95. The molecule has 0 aliphatic carbocycles. The Bertz CT molecular complexity index is 624. The maximum absolute atomic E-state index is 10.8. The molecule has 90 valence electrons. The Hall–Kier alpha value is -0.850. The molecule has 2 rings (SSSR count). The van der Waals surface area contributed by atoms with Crippen LogP contribution in [0.3, 0.4) is 0 Å². The number of benzene rings is 2. The first-order valence-electron chi connectivity index (χ1n) is 4.84. The first-order valence-corrected chi connectivity index (χ1v) is 6.28. The molecule has 0 unspecified atom stereocenters. The van der Waals surface area contributed by atoms with Crippen molar-refractivity contribution >= 4 is 10.1 Å². The second-order valence-corrected chi connectivity index (χ2v) is 4.97. The third-order valence-corrected chi connectivity index (χ3v) is 3.22. The van der Waals surface area contributed by atoms with Crippen LogP contribution in [0.5, 0.6) is 5.75 Å². The van der Waals surface area contributed by atoms with Gasteiger partial charge in [-0.15, -0.1) is 0 Å². The second kappa shape index (κ2) is 5.86. The molecule has 0 heterocycles. The summed E-state index contributed by atoms with van der Waals surface area (Å²) in [5.41, 5.74) is 1.65. The zero-order chi connectivity index (χ0) is 12.5. The van der Waals surface area contributed by atoms with Crippen LogP contribution < -0.4 is 29.6 Å². The number of aromatic hydroxyl groups is 1. The quantitative estimate of drug-likeness (QED) is 0.568. The molecule has 0 aliphatic rings. The first-order chi connectivity index (χ1) is 7.97. The minimum Gasteiger partial charge on any atom is -1.00 e. The SMILES string of the molecule is O=S(=O)(O)c1ccc(-c2ccc(O)cc2)cc1.[H-].[Na+]. The average Bonchev–Trinajstić information content (AvgIpc) is 2.29. The van der Waals surface area contributed by atoms with Gasteiger partial charge < -0.3 is 6.53 Å². The molecule has 0 bridgehead atoms. The molecular weight excluding hydrogens is 263 g/mol. The smallest absolute Gasteiger partial charge is 1.00 e. The molecule has 0 saturated carbocycles. The van der Waals surface area contributed by atoms with Gasteiger partial charge in [0, 0.05) is 0 Å². The van der Waals surface area contributed by atoms with Crippen molar-refractivity contribution in [2.45, 2.75) is 4.90 Å². The Labute approximate surface area is 129 Å². The van der Waals surface area contributed by atoms with Crippen molar-refractivity contribution in [1.29, 1.82) is 0 Å². The fourth-order valence-corrected chi connectivity index (χ4v) is 1.95. The van der Waals surface area contributed by atoms with E-state index in [2.05, 4.69) is 0 Å². The van der Waals surface area contributed by atoms with E-state index in [9.17, 15) is 8.42 Å². The summed E-state index contributed by atoms with van der Waals surface area (Å²) in [6.45, 7) is 0. The molecule has 6 heteroatoms. The third-order valence-electron chi connectivity index (χ3n) is 2.35. The zero-order valence-corrected chi connectivity index (χ0v) is 12.6. The summed E-state index contributed by atoms with van der Waals surface area (Å²) in [6.07, 6.45) is 0. The molecular formula is C12H11NaO4S. The van der Waals surface area contributed by atoms with Gasteiger partial charge in [0.15, 0.2) is 0 Å². The number of phenols is 1. The second-order valence-electron chi connectivity index (χ2n) is 3.55. The largest absolute Gasteiger partial charge is 1.00 e. The molecule has 0 atom stereocenters. The van der Waals surface area contributed by atoms with Crippen molar-refractivity contribution in [2.75, 3.05) is 0 Å². The molecule has 0 aromatic heterocycles. The molecule has 2 aromatic carbocycles. The summed E-state index contributed by atoms with van der Waals surface area (Å²) in [4.78, 5) is -0.139. The maximum Gasteiger partial charge on any atom is 1.00 e. The van der Waals surface area contributed by atoms with Crippen LogP contribution in [0.2, 0.25) is 0 Å². The van der Waals surface area contributed by atoms with E-state index >= 15 is 0 Å². The van der Waals surface area contributed by atoms with E-state index in [0.29, 0.717) is 0 Å². The zero-order valence-electron chi connectivity index (χ0n) is 10.7. The van der Waals surface area contributed by atoms with E-state index in [1.807, 2.05) is 0 Å². The number of phenolic OH excluding ortho intramolecular Hbond substituents is 1. The predicted octanol–water partition coefficient (Wildman–Crippen LogP) is -0.578. The topological polar surface area (TPSA) is 74.6 Å². The number of hydrogen-bond acceptors (Lipinski definition) is 3. The molecule has 0 aliphatic heterocycles. The van der Waals surface area contributed by atoms with Gasteiger partial charge in [0.05, 0.1) is 4.90 Å². The Morgan fingerprint density at radius 1 is 0.833 bits per heavy atom. The predicted molar refractivity (Wildman–Crippen MR) is 64.5 cm³/mol. The summed E-state index contributed by atoms with van der Waals surface area (Å²) >= 11 is 0. The molecule has 2 aromatic rings. The Balaban J connectivity index is 0.00000162. The summed E-state index contributed by atoms with van der Waals surface area (Å²) in [5, 5.41) is 9.14. The Morgan fingerprint density at radius 3 is 1.61 bits per heavy atom. The molecule has 0 spiro atoms. The van der Waals surface area contributed by atoms with Crippen LogP contribution >= 0.6 is 0 Å². The van der Waals surface area contributed by atoms with Gasteiger partial charge in [-0.1, -0.05) is 24.3 Å². The van der Waals surface area contributed by atoms with Crippen molar-refractivity contribution in [2.24, 2.45) is 0 Å². The van der Waals surface area contributed by atoms with Crippen molar-refractivity contribution in [3.05, 3.63) is 48.5 Å². The van der Waals surface area contributed by atoms with Gasteiger partial charge >= 0.3 is 29.6 Å². The average molecular weight is 274 g/mol. The van der Waals surface area contributed by atoms with Crippen molar-refractivity contribution < 1.29 is 49.1 Å². The van der Waals surface area contributed by atoms with Gasteiger partial charge in [-0.25, -0.2) is 0 Å².